The number of benzene rings is 2. The smallest absolute Gasteiger partial charge is 0.408 e. The Hall–Kier alpha value is -3.97. The molecule has 3 fully saturated rings. The minimum atomic E-state index is -3.86. The van der Waals surface area contributed by atoms with Gasteiger partial charge in [-0.15, -0.1) is 0 Å². The molecule has 2 aromatic carbocycles. The number of amides is 4. The summed E-state index contributed by atoms with van der Waals surface area (Å²) in [6.45, 7) is 9.24. The van der Waals surface area contributed by atoms with Crippen LogP contribution in [0.2, 0.25) is 0 Å². The number of rotatable bonds is 17. The molecule has 0 spiro atoms. The van der Waals surface area contributed by atoms with Crippen LogP contribution in [-0.4, -0.2) is 79.3 Å². The summed E-state index contributed by atoms with van der Waals surface area (Å²) in [5.74, 6) is -2.08. The first kappa shape index (κ1) is 41.2. The normalized spacial score (nSPS) is 24.4. The van der Waals surface area contributed by atoms with Crippen molar-refractivity contribution >= 4 is 33.8 Å². The highest BCUT2D eigenvalue weighted by Gasteiger charge is 2.63. The summed E-state index contributed by atoms with van der Waals surface area (Å²) < 4.78 is 39.6. The highest BCUT2D eigenvalue weighted by molar-refractivity contribution is 7.91. The number of nitrogens with one attached hydrogen (secondary N) is 3. The number of carbonyl (C=O) groups excluding carboxylic acids is 4. The number of ether oxygens (including phenoxy) is 2. The number of alkyl carbamates (subject to hydrolysis) is 1. The number of carbonyl (C=O) groups is 4. The summed E-state index contributed by atoms with van der Waals surface area (Å²) >= 11 is 0. The molecule has 1 aliphatic heterocycles. The Balaban J connectivity index is 1.47. The zero-order valence-corrected chi connectivity index (χ0v) is 33.4. The topological polar surface area (TPSA) is 160 Å². The summed E-state index contributed by atoms with van der Waals surface area (Å²) in [5, 5.41) is 5.11. The van der Waals surface area contributed by atoms with E-state index in [1.54, 1.807) is 27.9 Å². The van der Waals surface area contributed by atoms with Crippen LogP contribution in [-0.2, 0) is 39.5 Å². The zero-order valence-electron chi connectivity index (χ0n) is 32.6. The van der Waals surface area contributed by atoms with Crippen LogP contribution in [0.15, 0.2) is 54.6 Å². The van der Waals surface area contributed by atoms with E-state index in [0.29, 0.717) is 32.1 Å². The number of likely N-dealkylation sites (tertiary alicyclic amines) is 1. The first-order chi connectivity index (χ1) is 25.6. The first-order valence-electron chi connectivity index (χ1n) is 19.5. The molecule has 2 saturated carbocycles. The standard InChI is InChI=1S/C41H58N4O8S/c1-7-9-10-11-15-18-33(42-38(49)53-39(3,4)5)36(47)45-27-40(52-6,31-21-19-29(20-22-31)28-16-13-12-14-17-28)26-34(45)35(46)43-41(25-30(41)8-2)37(48)44-54(50,51)32-23-24-32/h12-14,16-17,19-22,30,32-34H,7-11,15,18,23-27H2,1-6H3,(H,42,49)(H,43,46)(H,44,48)/t30-,33+,34+,40+,41-/m1/s1. The highest BCUT2D eigenvalue weighted by Crippen LogP contribution is 2.48. The second-order valence-electron chi connectivity index (χ2n) is 16.2. The van der Waals surface area contributed by atoms with E-state index in [0.717, 1.165) is 42.4 Å². The summed E-state index contributed by atoms with van der Waals surface area (Å²) in [6.07, 6.45) is 6.10. The molecule has 0 unspecified atom stereocenters. The lowest BCUT2D eigenvalue weighted by atomic mass is 9.89. The molecule has 0 aromatic heterocycles. The third kappa shape index (κ3) is 9.63. The van der Waals surface area contributed by atoms with Gasteiger partial charge in [-0.05, 0) is 69.1 Å². The maximum absolute atomic E-state index is 14.7. The SMILES string of the molecule is CCCCCCC[C@H](NC(=O)OC(C)(C)C)C(=O)N1C[C@](OC)(c2ccc(-c3ccccc3)cc2)C[C@H]1C(=O)N[C@]1(C(=O)NS(=O)(=O)C2CC2)C[C@H]1CC. The molecule has 13 heteroatoms. The van der Waals surface area contributed by atoms with Crippen LogP contribution in [0.1, 0.15) is 111 Å². The Bertz CT molecular complexity index is 1760. The van der Waals surface area contributed by atoms with E-state index in [4.69, 9.17) is 9.47 Å². The van der Waals surface area contributed by atoms with Gasteiger partial charge in [0.25, 0.3) is 5.91 Å². The Morgan fingerprint density at radius 2 is 1.56 bits per heavy atom. The Kier molecular flexibility index (Phi) is 12.8. The van der Waals surface area contributed by atoms with E-state index in [1.807, 2.05) is 61.5 Å². The molecule has 3 aliphatic rings. The molecule has 0 bridgehead atoms. The molecule has 5 rings (SSSR count). The van der Waals surface area contributed by atoms with Crippen molar-refractivity contribution in [3.8, 4) is 11.1 Å². The lowest BCUT2D eigenvalue weighted by Crippen LogP contribution is -2.58. The minimum Gasteiger partial charge on any atom is -0.444 e. The van der Waals surface area contributed by atoms with E-state index in [-0.39, 0.29) is 25.3 Å². The van der Waals surface area contributed by atoms with Crippen molar-refractivity contribution in [2.24, 2.45) is 5.92 Å². The lowest BCUT2D eigenvalue weighted by Gasteiger charge is -2.31. The van der Waals surface area contributed by atoms with Crippen LogP contribution in [0.4, 0.5) is 4.79 Å². The van der Waals surface area contributed by atoms with Gasteiger partial charge in [0, 0.05) is 13.5 Å². The Morgan fingerprint density at radius 3 is 2.13 bits per heavy atom. The van der Waals surface area contributed by atoms with Gasteiger partial charge in [-0.2, -0.15) is 0 Å². The second kappa shape index (κ2) is 16.8. The molecule has 2 aliphatic carbocycles. The third-order valence-corrected chi connectivity index (χ3v) is 12.8. The molecular weight excluding hydrogens is 709 g/mol. The van der Waals surface area contributed by atoms with Gasteiger partial charge in [-0.25, -0.2) is 13.2 Å². The van der Waals surface area contributed by atoms with Crippen LogP contribution in [0, 0.1) is 5.92 Å². The third-order valence-electron chi connectivity index (χ3n) is 11.0. The second-order valence-corrected chi connectivity index (χ2v) is 18.1. The molecule has 1 heterocycles. The number of hydrogen-bond acceptors (Lipinski definition) is 8. The van der Waals surface area contributed by atoms with E-state index >= 15 is 0 Å². The van der Waals surface area contributed by atoms with Gasteiger partial charge in [-0.1, -0.05) is 107 Å². The first-order valence-corrected chi connectivity index (χ1v) is 21.0. The van der Waals surface area contributed by atoms with Gasteiger partial charge in [0.2, 0.25) is 21.8 Å². The molecule has 3 N–H and O–H groups in total. The summed E-state index contributed by atoms with van der Waals surface area (Å²) in [7, 11) is -2.32. The maximum atomic E-state index is 14.7. The quantitative estimate of drug-likeness (QED) is 0.167. The van der Waals surface area contributed by atoms with E-state index in [1.165, 1.54) is 4.90 Å². The van der Waals surface area contributed by atoms with Crippen LogP contribution in [0.25, 0.3) is 11.1 Å². The van der Waals surface area contributed by atoms with E-state index < -0.39 is 67.9 Å². The molecule has 12 nitrogen and oxygen atoms in total. The van der Waals surface area contributed by atoms with Crippen molar-refractivity contribution in [1.82, 2.24) is 20.3 Å². The van der Waals surface area contributed by atoms with Crippen molar-refractivity contribution in [3.05, 3.63) is 60.2 Å². The van der Waals surface area contributed by atoms with Crippen LogP contribution in [0.3, 0.4) is 0 Å². The van der Waals surface area contributed by atoms with E-state index in [2.05, 4.69) is 22.3 Å². The molecule has 296 valence electrons. The van der Waals surface area contributed by atoms with Crippen LogP contribution >= 0.6 is 0 Å². The van der Waals surface area contributed by atoms with Crippen molar-refractivity contribution in [2.45, 2.75) is 139 Å². The van der Waals surface area contributed by atoms with Crippen molar-refractivity contribution in [3.63, 3.8) is 0 Å². The number of nitrogens with zero attached hydrogens (tertiary/aromatic N) is 1. The average molecular weight is 767 g/mol. The van der Waals surface area contributed by atoms with Crippen molar-refractivity contribution < 1.29 is 37.1 Å². The minimum absolute atomic E-state index is 0.000100. The summed E-state index contributed by atoms with van der Waals surface area (Å²) in [4.78, 5) is 57.4. The summed E-state index contributed by atoms with van der Waals surface area (Å²) in [6, 6.07) is 15.6. The van der Waals surface area contributed by atoms with Gasteiger partial charge in [0.1, 0.15) is 28.8 Å². The van der Waals surface area contributed by atoms with Gasteiger partial charge in [-0.3, -0.25) is 19.1 Å². The predicted molar refractivity (Wildman–Crippen MR) is 207 cm³/mol. The molecule has 2 aromatic rings. The van der Waals surface area contributed by atoms with Gasteiger partial charge >= 0.3 is 6.09 Å². The fraction of sp³-hybridized carbons (Fsp3) is 0.610. The average Bonchev–Trinajstić information content (AvgIpc) is 4.07. The molecule has 5 atom stereocenters. The van der Waals surface area contributed by atoms with Gasteiger partial charge in [0.15, 0.2) is 0 Å². The van der Waals surface area contributed by atoms with Crippen molar-refractivity contribution in [2.75, 3.05) is 13.7 Å². The van der Waals surface area contributed by atoms with E-state index in [9.17, 15) is 27.6 Å². The number of hydrogen-bond donors (Lipinski definition) is 3. The van der Waals surface area contributed by atoms with Crippen LogP contribution in [0.5, 0.6) is 0 Å². The fourth-order valence-electron chi connectivity index (χ4n) is 7.57. The summed E-state index contributed by atoms with van der Waals surface area (Å²) in [5.41, 5.74) is -0.547. The Morgan fingerprint density at radius 1 is 0.907 bits per heavy atom. The largest absolute Gasteiger partial charge is 0.444 e. The monoisotopic (exact) mass is 766 g/mol. The van der Waals surface area contributed by atoms with Gasteiger partial charge in [0.05, 0.1) is 11.8 Å². The number of sulfonamides is 1. The van der Waals surface area contributed by atoms with Gasteiger partial charge < -0.3 is 25.0 Å². The number of methoxy groups -OCH3 is 1. The molecule has 1 saturated heterocycles. The molecular formula is C41H58N4O8S. The zero-order chi connectivity index (χ0) is 39.3. The maximum Gasteiger partial charge on any atom is 0.408 e. The fourth-order valence-corrected chi connectivity index (χ4v) is 8.93. The Labute approximate surface area is 320 Å². The molecule has 0 radical (unpaired) electrons. The lowest BCUT2D eigenvalue weighted by molar-refractivity contribution is -0.141. The molecule has 4 amide bonds. The number of unbranched alkanes of at least 4 members (excludes halogenated alkanes) is 4. The molecule has 54 heavy (non-hydrogen) atoms. The predicted octanol–water partition coefficient (Wildman–Crippen LogP) is 5.94. The highest BCUT2D eigenvalue weighted by atomic mass is 32.2. The van der Waals surface area contributed by atoms with Crippen LogP contribution < -0.4 is 15.4 Å². The van der Waals surface area contributed by atoms with Crippen molar-refractivity contribution in [1.29, 1.82) is 0 Å².